The molecule has 1 heterocycles. The molecule has 0 bridgehead atoms. The van der Waals surface area contributed by atoms with Gasteiger partial charge in [-0.05, 0) is 18.2 Å². The molecule has 0 amide bonds. The van der Waals surface area contributed by atoms with Crippen molar-refractivity contribution in [2.75, 3.05) is 0 Å². The fraction of sp³-hybridized carbons (Fsp3) is 0. The zero-order valence-corrected chi connectivity index (χ0v) is 6.34. The van der Waals surface area contributed by atoms with E-state index in [1.807, 2.05) is 6.07 Å². The van der Waals surface area contributed by atoms with Crippen LogP contribution in [-0.2, 0) is 0 Å². The lowest BCUT2D eigenvalue weighted by Gasteiger charge is -1.93. The molecule has 0 N–H and O–H groups in total. The van der Waals surface area contributed by atoms with Crippen LogP contribution in [0.1, 0.15) is 0 Å². The van der Waals surface area contributed by atoms with Gasteiger partial charge in [0, 0.05) is 5.02 Å². The number of hydrogen-bond acceptors (Lipinski definition) is 2. The maximum Gasteiger partial charge on any atom is 0.109 e. The summed E-state index contributed by atoms with van der Waals surface area (Å²) in [7, 11) is 0. The summed E-state index contributed by atoms with van der Waals surface area (Å²) in [6, 6.07) is 5.38. The van der Waals surface area contributed by atoms with Crippen LogP contribution in [0, 0.1) is 6.20 Å². The lowest BCUT2D eigenvalue weighted by Crippen LogP contribution is -1.80. The summed E-state index contributed by atoms with van der Waals surface area (Å²) < 4.78 is 0. The normalized spacial score (nSPS) is 10.3. The summed E-state index contributed by atoms with van der Waals surface area (Å²) in [4.78, 5) is 8.02. The standard InChI is InChI=1S/C8H4ClN2/c9-6-1-2-7-8(5-6)11-4-3-10-7/h1-2,4-5H. The Hall–Kier alpha value is -1.15. The molecule has 0 aliphatic rings. The van der Waals surface area contributed by atoms with Crippen LogP contribution in [0.3, 0.4) is 0 Å². The summed E-state index contributed by atoms with van der Waals surface area (Å²) >= 11 is 5.74. The van der Waals surface area contributed by atoms with Gasteiger partial charge in [-0.15, -0.1) is 0 Å². The number of fused-ring (bicyclic) bond motifs is 1. The van der Waals surface area contributed by atoms with E-state index < -0.39 is 0 Å². The fourth-order valence-electron chi connectivity index (χ4n) is 0.891. The van der Waals surface area contributed by atoms with Gasteiger partial charge in [0.1, 0.15) is 6.20 Å². The molecule has 2 aromatic rings. The lowest BCUT2D eigenvalue weighted by atomic mass is 10.3. The van der Waals surface area contributed by atoms with Crippen LogP contribution >= 0.6 is 11.6 Å². The largest absolute Gasteiger partial charge is 0.252 e. The van der Waals surface area contributed by atoms with E-state index in [-0.39, 0.29) is 0 Å². The summed E-state index contributed by atoms with van der Waals surface area (Å²) in [6.45, 7) is 0. The van der Waals surface area contributed by atoms with Gasteiger partial charge in [-0.2, -0.15) is 0 Å². The molecule has 11 heavy (non-hydrogen) atoms. The second-order valence-corrected chi connectivity index (χ2v) is 2.57. The predicted molar refractivity (Wildman–Crippen MR) is 43.4 cm³/mol. The van der Waals surface area contributed by atoms with Gasteiger partial charge in [-0.25, -0.2) is 4.98 Å². The first kappa shape index (κ1) is 6.55. The molecule has 3 heteroatoms. The summed E-state index contributed by atoms with van der Waals surface area (Å²) in [5.41, 5.74) is 1.62. The average Bonchev–Trinajstić information content (AvgIpc) is 2.04. The maximum absolute atomic E-state index is 5.74. The van der Waals surface area contributed by atoms with Crippen molar-refractivity contribution < 1.29 is 0 Å². The summed E-state index contributed by atoms with van der Waals surface area (Å²) in [5, 5.41) is 0.679. The Kier molecular flexibility index (Phi) is 1.47. The van der Waals surface area contributed by atoms with E-state index in [0.29, 0.717) is 5.02 Å². The molecule has 0 saturated carbocycles. The minimum Gasteiger partial charge on any atom is -0.252 e. The first-order chi connectivity index (χ1) is 5.36. The molecule has 0 atom stereocenters. The molecule has 0 unspecified atom stereocenters. The monoisotopic (exact) mass is 163 g/mol. The average molecular weight is 164 g/mol. The molecular formula is C8H4ClN2. The van der Waals surface area contributed by atoms with E-state index >= 15 is 0 Å². The van der Waals surface area contributed by atoms with Crippen LogP contribution in [-0.4, -0.2) is 9.97 Å². The van der Waals surface area contributed by atoms with Gasteiger partial charge in [-0.1, -0.05) is 11.6 Å². The minimum atomic E-state index is 0.679. The third-order valence-corrected chi connectivity index (χ3v) is 1.62. The summed E-state index contributed by atoms with van der Waals surface area (Å²) in [5.74, 6) is 0. The molecule has 0 saturated heterocycles. The quantitative estimate of drug-likeness (QED) is 0.594. The third kappa shape index (κ3) is 1.17. The Morgan fingerprint density at radius 2 is 2.18 bits per heavy atom. The highest BCUT2D eigenvalue weighted by atomic mass is 35.5. The van der Waals surface area contributed by atoms with E-state index in [9.17, 15) is 0 Å². The highest BCUT2D eigenvalue weighted by Gasteiger charge is 1.93. The molecule has 1 aromatic carbocycles. The van der Waals surface area contributed by atoms with Crippen LogP contribution < -0.4 is 0 Å². The van der Waals surface area contributed by atoms with Gasteiger partial charge < -0.3 is 0 Å². The van der Waals surface area contributed by atoms with Gasteiger partial charge in [0.2, 0.25) is 0 Å². The molecule has 2 nitrogen and oxygen atoms in total. The SMILES string of the molecule is Clc1ccc2n[c]cnc2c1. The van der Waals surface area contributed by atoms with E-state index in [0.717, 1.165) is 11.0 Å². The predicted octanol–water partition coefficient (Wildman–Crippen LogP) is 2.08. The molecule has 1 radical (unpaired) electrons. The van der Waals surface area contributed by atoms with Crippen molar-refractivity contribution in [2.24, 2.45) is 0 Å². The zero-order chi connectivity index (χ0) is 7.68. The molecule has 0 fully saturated rings. The van der Waals surface area contributed by atoms with Crippen molar-refractivity contribution in [3.63, 3.8) is 0 Å². The molecular weight excluding hydrogens is 160 g/mol. The highest BCUT2D eigenvalue weighted by Crippen LogP contribution is 2.14. The van der Waals surface area contributed by atoms with Crippen LogP contribution in [0.25, 0.3) is 11.0 Å². The Bertz CT molecular complexity index is 387. The number of benzene rings is 1. The van der Waals surface area contributed by atoms with Crippen LogP contribution in [0.15, 0.2) is 24.4 Å². The minimum absolute atomic E-state index is 0.679. The van der Waals surface area contributed by atoms with Gasteiger partial charge in [0.15, 0.2) is 0 Å². The zero-order valence-electron chi connectivity index (χ0n) is 5.58. The molecule has 0 aliphatic carbocycles. The number of aromatic nitrogens is 2. The van der Waals surface area contributed by atoms with Gasteiger partial charge in [0.25, 0.3) is 0 Å². The van der Waals surface area contributed by atoms with Gasteiger partial charge in [0.05, 0.1) is 17.2 Å². The number of halogens is 1. The number of rotatable bonds is 0. The van der Waals surface area contributed by atoms with Crippen molar-refractivity contribution in [2.45, 2.75) is 0 Å². The van der Waals surface area contributed by atoms with E-state index in [1.165, 1.54) is 6.20 Å². The van der Waals surface area contributed by atoms with E-state index in [4.69, 9.17) is 11.6 Å². The van der Waals surface area contributed by atoms with Crippen molar-refractivity contribution in [3.8, 4) is 0 Å². The maximum atomic E-state index is 5.74. The highest BCUT2D eigenvalue weighted by molar-refractivity contribution is 6.31. The van der Waals surface area contributed by atoms with E-state index in [1.54, 1.807) is 12.1 Å². The molecule has 0 aliphatic heterocycles. The topological polar surface area (TPSA) is 25.8 Å². The molecule has 1 aromatic heterocycles. The Labute approximate surface area is 68.9 Å². The van der Waals surface area contributed by atoms with Crippen molar-refractivity contribution in [1.29, 1.82) is 0 Å². The fourth-order valence-corrected chi connectivity index (χ4v) is 1.06. The van der Waals surface area contributed by atoms with Crippen LogP contribution in [0.5, 0.6) is 0 Å². The van der Waals surface area contributed by atoms with Crippen LogP contribution in [0.2, 0.25) is 5.02 Å². The van der Waals surface area contributed by atoms with Crippen molar-refractivity contribution in [3.05, 3.63) is 35.6 Å². The van der Waals surface area contributed by atoms with Crippen molar-refractivity contribution >= 4 is 22.6 Å². The first-order valence-electron chi connectivity index (χ1n) is 3.14. The first-order valence-corrected chi connectivity index (χ1v) is 3.52. The number of nitrogens with zero attached hydrogens (tertiary/aromatic N) is 2. The molecule has 2 rings (SSSR count). The van der Waals surface area contributed by atoms with Gasteiger partial charge in [-0.3, -0.25) is 4.98 Å². The lowest BCUT2D eigenvalue weighted by molar-refractivity contribution is 1.28. The smallest absolute Gasteiger partial charge is 0.109 e. The van der Waals surface area contributed by atoms with E-state index in [2.05, 4.69) is 16.2 Å². The molecule has 0 spiro atoms. The number of hydrogen-bond donors (Lipinski definition) is 0. The van der Waals surface area contributed by atoms with Crippen molar-refractivity contribution in [1.82, 2.24) is 9.97 Å². The Morgan fingerprint density at radius 1 is 1.27 bits per heavy atom. The summed E-state index contributed by atoms with van der Waals surface area (Å²) in [6.07, 6.45) is 4.18. The second-order valence-electron chi connectivity index (χ2n) is 2.13. The molecule has 53 valence electrons. The van der Waals surface area contributed by atoms with Crippen LogP contribution in [0.4, 0.5) is 0 Å². The third-order valence-electron chi connectivity index (χ3n) is 1.38. The Morgan fingerprint density at radius 3 is 3.09 bits per heavy atom. The van der Waals surface area contributed by atoms with Gasteiger partial charge >= 0.3 is 0 Å². The second kappa shape index (κ2) is 2.47. The Balaban J connectivity index is 2.83.